The van der Waals surface area contributed by atoms with Crippen LogP contribution in [0.2, 0.25) is 0 Å². The zero-order valence-electron chi connectivity index (χ0n) is 28.9. The first kappa shape index (κ1) is 31.4. The van der Waals surface area contributed by atoms with E-state index in [1.54, 1.807) is 0 Å². The maximum Gasteiger partial charge on any atom is 0.137 e. The molecule has 0 fully saturated rings. The SMILES string of the molecule is Cc1nn(-c2cccc(Oc3ccc4c5cc(CCC(C)C)ccc5n(-c5cc(CC(C)C)ccn5)c4c3)c2)c(C)c1-c1ccccc1. The topological polar surface area (TPSA) is 44.9 Å². The maximum absolute atomic E-state index is 6.59. The average molecular weight is 633 g/mol. The van der Waals surface area contributed by atoms with Crippen molar-refractivity contribution in [2.75, 3.05) is 0 Å². The minimum Gasteiger partial charge on any atom is -0.457 e. The number of hydrogen-bond acceptors (Lipinski definition) is 3. The van der Waals surface area contributed by atoms with Crippen LogP contribution in [0.4, 0.5) is 0 Å². The number of pyridine rings is 1. The number of ether oxygens (including phenoxy) is 1. The largest absolute Gasteiger partial charge is 0.457 e. The highest BCUT2D eigenvalue weighted by Gasteiger charge is 2.17. The zero-order valence-corrected chi connectivity index (χ0v) is 28.9. The highest BCUT2D eigenvalue weighted by molar-refractivity contribution is 6.09. The van der Waals surface area contributed by atoms with Crippen molar-refractivity contribution in [3.8, 4) is 34.1 Å². The molecular weight excluding hydrogens is 589 g/mol. The summed E-state index contributed by atoms with van der Waals surface area (Å²) in [6.07, 6.45) is 5.20. The summed E-state index contributed by atoms with van der Waals surface area (Å²) in [7, 11) is 0. The van der Waals surface area contributed by atoms with Gasteiger partial charge in [0.05, 0.1) is 22.4 Å². The van der Waals surface area contributed by atoms with Crippen LogP contribution >= 0.6 is 0 Å². The van der Waals surface area contributed by atoms with Gasteiger partial charge in [-0.2, -0.15) is 5.10 Å². The molecule has 7 rings (SSSR count). The van der Waals surface area contributed by atoms with Crippen LogP contribution in [0.3, 0.4) is 0 Å². The normalized spacial score (nSPS) is 11.8. The lowest BCUT2D eigenvalue weighted by Gasteiger charge is -2.12. The highest BCUT2D eigenvalue weighted by atomic mass is 16.5. The summed E-state index contributed by atoms with van der Waals surface area (Å²) in [5.74, 6) is 3.70. The van der Waals surface area contributed by atoms with E-state index in [1.165, 1.54) is 39.4 Å². The lowest BCUT2D eigenvalue weighted by Crippen LogP contribution is -2.01. The Labute approximate surface area is 283 Å². The van der Waals surface area contributed by atoms with Gasteiger partial charge in [-0.05, 0) is 110 Å². The molecule has 5 nitrogen and oxygen atoms in total. The molecule has 0 spiro atoms. The first-order chi connectivity index (χ1) is 23.2. The van der Waals surface area contributed by atoms with Crippen LogP contribution in [-0.4, -0.2) is 19.3 Å². The third kappa shape index (κ3) is 6.25. The average Bonchev–Trinajstić information content (AvgIpc) is 3.56. The van der Waals surface area contributed by atoms with Crippen molar-refractivity contribution in [1.82, 2.24) is 19.3 Å². The summed E-state index contributed by atoms with van der Waals surface area (Å²) in [6.45, 7) is 13.3. The Morgan fingerprint density at radius 1 is 0.688 bits per heavy atom. The molecule has 48 heavy (non-hydrogen) atoms. The molecule has 5 heteroatoms. The monoisotopic (exact) mass is 632 g/mol. The number of hydrogen-bond donors (Lipinski definition) is 0. The number of benzene rings is 4. The van der Waals surface area contributed by atoms with Crippen LogP contribution in [0.25, 0.3) is 44.4 Å². The fourth-order valence-corrected chi connectivity index (χ4v) is 6.88. The molecule has 3 aromatic heterocycles. The van der Waals surface area contributed by atoms with Crippen LogP contribution in [0.5, 0.6) is 11.5 Å². The van der Waals surface area contributed by atoms with Crippen molar-refractivity contribution in [1.29, 1.82) is 0 Å². The molecule has 7 aromatic rings. The molecule has 0 unspecified atom stereocenters. The molecular formula is C43H44N4O. The molecule has 0 atom stereocenters. The Hall–Kier alpha value is -5.16. The Morgan fingerprint density at radius 3 is 2.29 bits per heavy atom. The van der Waals surface area contributed by atoms with E-state index in [-0.39, 0.29) is 0 Å². The molecule has 0 aliphatic carbocycles. The molecule has 3 heterocycles. The molecule has 0 aliphatic rings. The van der Waals surface area contributed by atoms with Crippen LogP contribution in [-0.2, 0) is 12.8 Å². The molecule has 242 valence electrons. The number of fused-ring (bicyclic) bond motifs is 3. The van der Waals surface area contributed by atoms with Gasteiger partial charge in [0.15, 0.2) is 0 Å². The second-order valence-electron chi connectivity index (χ2n) is 13.8. The van der Waals surface area contributed by atoms with Gasteiger partial charge in [-0.25, -0.2) is 9.67 Å². The van der Waals surface area contributed by atoms with Gasteiger partial charge in [0, 0.05) is 40.4 Å². The van der Waals surface area contributed by atoms with E-state index >= 15 is 0 Å². The summed E-state index contributed by atoms with van der Waals surface area (Å²) in [4.78, 5) is 4.88. The molecule has 0 amide bonds. The van der Waals surface area contributed by atoms with E-state index < -0.39 is 0 Å². The Kier molecular flexibility index (Phi) is 8.62. The maximum atomic E-state index is 6.59. The molecule has 0 saturated heterocycles. The predicted octanol–water partition coefficient (Wildman–Crippen LogP) is 11.2. The van der Waals surface area contributed by atoms with Crippen molar-refractivity contribution in [2.24, 2.45) is 11.8 Å². The first-order valence-corrected chi connectivity index (χ1v) is 17.2. The fourth-order valence-electron chi connectivity index (χ4n) is 6.88. The van der Waals surface area contributed by atoms with Crippen molar-refractivity contribution < 1.29 is 4.74 Å². The van der Waals surface area contributed by atoms with Gasteiger partial charge in [-0.1, -0.05) is 70.2 Å². The van der Waals surface area contributed by atoms with Gasteiger partial charge in [0.2, 0.25) is 0 Å². The Balaban J connectivity index is 1.29. The van der Waals surface area contributed by atoms with E-state index in [4.69, 9.17) is 14.8 Å². The van der Waals surface area contributed by atoms with E-state index in [9.17, 15) is 0 Å². The fraction of sp³-hybridized carbons (Fsp3) is 0.256. The van der Waals surface area contributed by atoms with Gasteiger partial charge < -0.3 is 4.74 Å². The van der Waals surface area contributed by atoms with E-state index in [1.807, 2.05) is 29.1 Å². The highest BCUT2D eigenvalue weighted by Crippen LogP contribution is 2.37. The first-order valence-electron chi connectivity index (χ1n) is 17.2. The van der Waals surface area contributed by atoms with E-state index in [0.717, 1.165) is 58.3 Å². The third-order valence-corrected chi connectivity index (χ3v) is 9.15. The minimum atomic E-state index is 0.567. The molecule has 0 N–H and O–H groups in total. The van der Waals surface area contributed by atoms with E-state index in [2.05, 4.69) is 131 Å². The summed E-state index contributed by atoms with van der Waals surface area (Å²) < 4.78 is 10.9. The molecule has 0 radical (unpaired) electrons. The van der Waals surface area contributed by atoms with Gasteiger partial charge >= 0.3 is 0 Å². The van der Waals surface area contributed by atoms with Gasteiger partial charge in [-0.15, -0.1) is 0 Å². The van der Waals surface area contributed by atoms with Crippen molar-refractivity contribution >= 4 is 21.8 Å². The number of aromatic nitrogens is 4. The Bertz CT molecular complexity index is 2220. The predicted molar refractivity (Wildman–Crippen MR) is 199 cm³/mol. The van der Waals surface area contributed by atoms with Crippen LogP contribution in [0, 0.1) is 25.7 Å². The molecule has 0 bridgehead atoms. The van der Waals surface area contributed by atoms with Crippen molar-refractivity contribution in [2.45, 2.75) is 60.8 Å². The van der Waals surface area contributed by atoms with Crippen molar-refractivity contribution in [3.05, 3.63) is 132 Å². The molecule has 4 aromatic carbocycles. The molecule has 0 saturated carbocycles. The lowest BCUT2D eigenvalue weighted by molar-refractivity contribution is 0.482. The minimum absolute atomic E-state index is 0.567. The Morgan fingerprint density at radius 2 is 1.50 bits per heavy atom. The summed E-state index contributed by atoms with van der Waals surface area (Å²) >= 11 is 0. The van der Waals surface area contributed by atoms with Crippen LogP contribution in [0.1, 0.15) is 56.6 Å². The zero-order chi connectivity index (χ0) is 33.4. The smallest absolute Gasteiger partial charge is 0.137 e. The van der Waals surface area contributed by atoms with Crippen LogP contribution in [0.15, 0.2) is 109 Å². The quantitative estimate of drug-likeness (QED) is 0.151. The summed E-state index contributed by atoms with van der Waals surface area (Å²) in [5.41, 5.74) is 10.3. The second-order valence-corrected chi connectivity index (χ2v) is 13.8. The number of nitrogens with zero attached hydrogens (tertiary/aromatic N) is 4. The summed E-state index contributed by atoms with van der Waals surface area (Å²) in [6, 6.07) is 36.4. The van der Waals surface area contributed by atoms with Gasteiger partial charge in [0.1, 0.15) is 17.3 Å². The standard InChI is InChI=1S/C43H44N4O/c1-28(2)15-16-32-17-20-40-39(24-32)38-19-18-37(27-41(38)46(40)42-25-33(21-22-44-42)23-29(3)4)48-36-14-10-13-35(26-36)47-31(6)43(30(5)45-47)34-11-8-7-9-12-34/h7-14,17-22,24-29H,15-16,23H2,1-6H3. The second kappa shape index (κ2) is 13.2. The van der Waals surface area contributed by atoms with Crippen LogP contribution < -0.4 is 4.74 Å². The summed E-state index contributed by atoms with van der Waals surface area (Å²) in [5, 5.41) is 7.36. The lowest BCUT2D eigenvalue weighted by atomic mass is 10.0. The third-order valence-electron chi connectivity index (χ3n) is 9.15. The van der Waals surface area contributed by atoms with Gasteiger partial charge in [0.25, 0.3) is 0 Å². The molecule has 0 aliphatic heterocycles. The van der Waals surface area contributed by atoms with E-state index in [0.29, 0.717) is 11.8 Å². The van der Waals surface area contributed by atoms with Gasteiger partial charge in [-0.3, -0.25) is 4.57 Å². The number of rotatable bonds is 10. The van der Waals surface area contributed by atoms with Crippen molar-refractivity contribution in [3.63, 3.8) is 0 Å². The number of aryl methyl sites for hydroxylation is 2.